The Morgan fingerprint density at radius 1 is 1.25 bits per heavy atom. The molecule has 0 aliphatic rings. The van der Waals surface area contributed by atoms with Crippen LogP contribution in [-0.2, 0) is 4.79 Å². The van der Waals surface area contributed by atoms with E-state index in [4.69, 9.17) is 16.3 Å². The van der Waals surface area contributed by atoms with Crippen LogP contribution in [-0.4, -0.2) is 35.1 Å². The molecule has 0 bridgehead atoms. The van der Waals surface area contributed by atoms with Crippen molar-refractivity contribution in [3.63, 3.8) is 0 Å². The lowest BCUT2D eigenvalue weighted by molar-refractivity contribution is -0.113. The predicted molar refractivity (Wildman–Crippen MR) is 132 cm³/mol. The number of aliphatic imine (C=N–C) groups is 1. The molecule has 4 aromatic rings. The summed E-state index contributed by atoms with van der Waals surface area (Å²) >= 11 is 8.85. The standard InChI is InChI=1S/C23H18ClN3O3S2/c1-30-20-5-3-2-4-17(20)26-22(29)13-31-23-27-18-8-7-16(11-21(18)32-23)25-12-14-10-15(24)6-9-19(14)28/h2-12,28H,13H2,1H3,(H,26,29). The lowest BCUT2D eigenvalue weighted by Gasteiger charge is -2.09. The van der Waals surface area contributed by atoms with Crippen LogP contribution in [0.1, 0.15) is 5.56 Å². The Hall–Kier alpha value is -3.07. The van der Waals surface area contributed by atoms with Crippen molar-refractivity contribution in [2.45, 2.75) is 4.34 Å². The van der Waals surface area contributed by atoms with Crippen molar-refractivity contribution in [2.24, 2.45) is 4.99 Å². The average Bonchev–Trinajstić information content (AvgIpc) is 3.21. The fourth-order valence-corrected chi connectivity index (χ4v) is 4.95. The summed E-state index contributed by atoms with van der Waals surface area (Å²) in [7, 11) is 1.57. The van der Waals surface area contributed by atoms with E-state index in [1.807, 2.05) is 30.3 Å². The van der Waals surface area contributed by atoms with Crippen LogP contribution < -0.4 is 10.1 Å². The van der Waals surface area contributed by atoms with E-state index in [0.29, 0.717) is 22.0 Å². The quantitative estimate of drug-likeness (QED) is 0.243. The Labute approximate surface area is 197 Å². The molecule has 0 fully saturated rings. The molecule has 0 saturated carbocycles. The summed E-state index contributed by atoms with van der Waals surface area (Å²) in [5, 5.41) is 13.3. The molecule has 0 saturated heterocycles. The number of ether oxygens (including phenoxy) is 1. The number of carbonyl (C=O) groups excluding carboxylic acids is 1. The molecular formula is C23H18ClN3O3S2. The van der Waals surface area contributed by atoms with Crippen molar-refractivity contribution in [1.82, 2.24) is 4.98 Å². The summed E-state index contributed by atoms with van der Waals surface area (Å²) in [4.78, 5) is 21.3. The Morgan fingerprint density at radius 3 is 2.94 bits per heavy atom. The number of hydrogen-bond acceptors (Lipinski definition) is 7. The van der Waals surface area contributed by atoms with Crippen molar-refractivity contribution < 1.29 is 14.6 Å². The third kappa shape index (κ3) is 5.40. The predicted octanol–water partition coefficient (Wildman–Crippen LogP) is 6.15. The Morgan fingerprint density at radius 2 is 2.09 bits per heavy atom. The van der Waals surface area contributed by atoms with Gasteiger partial charge < -0.3 is 15.2 Å². The Balaban J connectivity index is 1.42. The molecule has 1 heterocycles. The minimum atomic E-state index is -0.134. The number of fused-ring (bicyclic) bond motifs is 1. The zero-order valence-electron chi connectivity index (χ0n) is 16.9. The van der Waals surface area contributed by atoms with E-state index < -0.39 is 0 Å². The second kappa shape index (κ2) is 10.0. The number of benzene rings is 3. The highest BCUT2D eigenvalue weighted by Gasteiger charge is 2.10. The van der Waals surface area contributed by atoms with Gasteiger partial charge in [-0.05, 0) is 48.5 Å². The van der Waals surface area contributed by atoms with Gasteiger partial charge in [-0.25, -0.2) is 4.98 Å². The van der Waals surface area contributed by atoms with E-state index in [0.717, 1.165) is 20.2 Å². The first kappa shape index (κ1) is 22.1. The molecule has 32 heavy (non-hydrogen) atoms. The number of phenolic OH excluding ortho intramolecular Hbond substituents is 1. The molecule has 0 unspecified atom stereocenters. The number of thiazole rings is 1. The Kier molecular flexibility index (Phi) is 6.94. The van der Waals surface area contributed by atoms with Gasteiger partial charge >= 0.3 is 0 Å². The molecule has 0 spiro atoms. The highest BCUT2D eigenvalue weighted by molar-refractivity contribution is 8.01. The first-order chi connectivity index (χ1) is 15.5. The number of amides is 1. The fourth-order valence-electron chi connectivity index (χ4n) is 2.87. The van der Waals surface area contributed by atoms with Crippen molar-refractivity contribution in [3.8, 4) is 11.5 Å². The van der Waals surface area contributed by atoms with Gasteiger partial charge in [-0.1, -0.05) is 35.5 Å². The second-order valence-electron chi connectivity index (χ2n) is 6.63. The van der Waals surface area contributed by atoms with Crippen molar-refractivity contribution in [3.05, 3.63) is 71.2 Å². The molecular weight excluding hydrogens is 466 g/mol. The number of anilines is 1. The van der Waals surface area contributed by atoms with Crippen LogP contribution in [0.3, 0.4) is 0 Å². The van der Waals surface area contributed by atoms with Gasteiger partial charge in [-0.15, -0.1) is 11.3 Å². The number of methoxy groups -OCH3 is 1. The summed E-state index contributed by atoms with van der Waals surface area (Å²) in [6.45, 7) is 0. The van der Waals surface area contributed by atoms with Gasteiger partial charge in [0.05, 0.1) is 34.5 Å². The number of phenols is 1. The van der Waals surface area contributed by atoms with Gasteiger partial charge in [0.15, 0.2) is 4.34 Å². The van der Waals surface area contributed by atoms with Gasteiger partial charge in [-0.2, -0.15) is 0 Å². The minimum Gasteiger partial charge on any atom is -0.507 e. The highest BCUT2D eigenvalue weighted by Crippen LogP contribution is 2.32. The first-order valence-electron chi connectivity index (χ1n) is 9.50. The number of hydrogen-bond donors (Lipinski definition) is 2. The lowest BCUT2D eigenvalue weighted by atomic mass is 10.2. The van der Waals surface area contributed by atoms with Crippen LogP contribution in [0.25, 0.3) is 10.2 Å². The van der Waals surface area contributed by atoms with Crippen molar-refractivity contribution in [2.75, 3.05) is 18.2 Å². The van der Waals surface area contributed by atoms with Crippen LogP contribution in [0.5, 0.6) is 11.5 Å². The van der Waals surface area contributed by atoms with Crippen LogP contribution >= 0.6 is 34.7 Å². The molecule has 162 valence electrons. The number of aromatic nitrogens is 1. The van der Waals surface area contributed by atoms with E-state index in [1.165, 1.54) is 29.2 Å². The molecule has 2 N–H and O–H groups in total. The number of aromatic hydroxyl groups is 1. The topological polar surface area (TPSA) is 83.8 Å². The normalized spacial score (nSPS) is 11.2. The molecule has 1 amide bonds. The number of nitrogens with one attached hydrogen (secondary N) is 1. The van der Waals surface area contributed by atoms with Crippen LogP contribution in [0, 0.1) is 0 Å². The molecule has 6 nitrogen and oxygen atoms in total. The highest BCUT2D eigenvalue weighted by atomic mass is 35.5. The van der Waals surface area contributed by atoms with Gasteiger partial charge in [-0.3, -0.25) is 9.79 Å². The summed E-state index contributed by atoms with van der Waals surface area (Å²) in [6.07, 6.45) is 1.57. The van der Waals surface area contributed by atoms with E-state index in [-0.39, 0.29) is 17.4 Å². The first-order valence-corrected chi connectivity index (χ1v) is 11.7. The summed E-state index contributed by atoms with van der Waals surface area (Å²) in [5.74, 6) is 0.828. The zero-order chi connectivity index (χ0) is 22.5. The monoisotopic (exact) mass is 483 g/mol. The minimum absolute atomic E-state index is 0.113. The molecule has 0 atom stereocenters. The molecule has 4 rings (SSSR count). The molecule has 1 aromatic heterocycles. The van der Waals surface area contributed by atoms with Gasteiger partial charge in [0.25, 0.3) is 0 Å². The smallest absolute Gasteiger partial charge is 0.234 e. The van der Waals surface area contributed by atoms with Crippen LogP contribution in [0.2, 0.25) is 5.02 Å². The molecule has 0 aliphatic carbocycles. The number of rotatable bonds is 7. The third-order valence-electron chi connectivity index (χ3n) is 4.40. The molecule has 3 aromatic carbocycles. The van der Waals surface area contributed by atoms with Crippen LogP contribution in [0.15, 0.2) is 70.0 Å². The van der Waals surface area contributed by atoms with E-state index >= 15 is 0 Å². The number of carbonyl (C=O) groups is 1. The van der Waals surface area contributed by atoms with Gasteiger partial charge in [0.1, 0.15) is 11.5 Å². The SMILES string of the molecule is COc1ccccc1NC(=O)CSc1nc2ccc(N=Cc3cc(Cl)ccc3O)cc2s1. The van der Waals surface area contributed by atoms with E-state index in [1.54, 1.807) is 37.6 Å². The molecule has 0 aliphatic heterocycles. The van der Waals surface area contributed by atoms with Crippen molar-refractivity contribution >= 4 is 68.4 Å². The lowest BCUT2D eigenvalue weighted by Crippen LogP contribution is -2.14. The van der Waals surface area contributed by atoms with E-state index in [2.05, 4.69) is 15.3 Å². The molecule has 9 heteroatoms. The number of nitrogens with zero attached hydrogens (tertiary/aromatic N) is 2. The van der Waals surface area contributed by atoms with Gasteiger partial charge in [0.2, 0.25) is 5.91 Å². The number of thioether (sulfide) groups is 1. The van der Waals surface area contributed by atoms with Crippen LogP contribution in [0.4, 0.5) is 11.4 Å². The number of halogens is 1. The second-order valence-corrected chi connectivity index (χ2v) is 9.32. The number of para-hydroxylation sites is 2. The summed E-state index contributed by atoms with van der Waals surface area (Å²) in [6, 6.07) is 17.7. The Bertz CT molecular complexity index is 1310. The maximum Gasteiger partial charge on any atom is 0.234 e. The van der Waals surface area contributed by atoms with E-state index in [9.17, 15) is 9.90 Å². The fraction of sp³-hybridized carbons (Fsp3) is 0.0870. The average molecular weight is 484 g/mol. The molecule has 0 radical (unpaired) electrons. The zero-order valence-corrected chi connectivity index (χ0v) is 19.3. The third-order valence-corrected chi connectivity index (χ3v) is 6.80. The maximum atomic E-state index is 12.3. The maximum absolute atomic E-state index is 12.3. The largest absolute Gasteiger partial charge is 0.507 e. The van der Waals surface area contributed by atoms with Gasteiger partial charge in [0, 0.05) is 16.8 Å². The van der Waals surface area contributed by atoms with Crippen molar-refractivity contribution in [1.29, 1.82) is 0 Å². The summed E-state index contributed by atoms with van der Waals surface area (Å²) in [5.41, 5.74) is 2.75. The summed E-state index contributed by atoms with van der Waals surface area (Å²) < 4.78 is 7.01.